The smallest absolute Gasteiger partial charge is 0.162 e. The van der Waals surface area contributed by atoms with E-state index < -0.39 is 0 Å². The largest absolute Gasteiger partial charge is 0.493 e. The van der Waals surface area contributed by atoms with Crippen molar-refractivity contribution < 1.29 is 19.2 Å². The molecule has 0 aromatic heterocycles. The average molecular weight is 366 g/mol. The van der Waals surface area contributed by atoms with Crippen molar-refractivity contribution in [3.8, 4) is 11.5 Å². The molecule has 2 aliphatic rings. The summed E-state index contributed by atoms with van der Waals surface area (Å²) in [6, 6.07) is 17.0. The molecule has 2 fully saturated rings. The number of ether oxygens (including phenoxy) is 2. The predicted octanol–water partition coefficient (Wildman–Crippen LogP) is 3.12. The van der Waals surface area contributed by atoms with Gasteiger partial charge in [0.25, 0.3) is 0 Å². The Morgan fingerprint density at radius 1 is 1.04 bits per heavy atom. The highest BCUT2D eigenvalue weighted by Crippen LogP contribution is 2.33. The first kappa shape index (κ1) is 18.1. The lowest BCUT2D eigenvalue weighted by Gasteiger charge is -2.41. The van der Waals surface area contributed by atoms with Crippen LogP contribution in [0.3, 0.4) is 0 Å². The van der Waals surface area contributed by atoms with E-state index in [1.807, 2.05) is 24.3 Å². The highest BCUT2D eigenvalue weighted by Gasteiger charge is 2.40. The van der Waals surface area contributed by atoms with Crippen LogP contribution in [-0.2, 0) is 11.4 Å². The molecule has 142 valence electrons. The van der Waals surface area contributed by atoms with Gasteiger partial charge in [-0.15, -0.1) is 0 Å². The number of benzene rings is 2. The van der Waals surface area contributed by atoms with Crippen molar-refractivity contribution in [2.45, 2.75) is 50.8 Å². The van der Waals surface area contributed by atoms with Crippen LogP contribution < -0.4 is 14.4 Å². The normalized spacial score (nSPS) is 24.9. The molecule has 0 bridgehead atoms. The molecule has 0 radical (unpaired) electrons. The van der Waals surface area contributed by atoms with Gasteiger partial charge < -0.3 is 14.4 Å². The summed E-state index contributed by atoms with van der Waals surface area (Å²) in [6.07, 6.45) is 5.06. The van der Waals surface area contributed by atoms with E-state index in [1.54, 1.807) is 12.0 Å². The molecule has 2 heterocycles. The van der Waals surface area contributed by atoms with Gasteiger partial charge in [-0.05, 0) is 36.6 Å². The van der Waals surface area contributed by atoms with E-state index in [2.05, 4.69) is 24.3 Å². The molecule has 0 aliphatic carbocycles. The summed E-state index contributed by atoms with van der Waals surface area (Å²) in [5.74, 6) is 1.89. The maximum atomic E-state index is 12.4. The number of nitrogens with one attached hydrogen (secondary N) is 1. The molecule has 2 aliphatic heterocycles. The lowest BCUT2D eigenvalue weighted by Crippen LogP contribution is -3.17. The van der Waals surface area contributed by atoms with E-state index in [0.29, 0.717) is 24.9 Å². The van der Waals surface area contributed by atoms with Crippen molar-refractivity contribution in [1.82, 2.24) is 0 Å². The Morgan fingerprint density at radius 3 is 2.70 bits per heavy atom. The van der Waals surface area contributed by atoms with E-state index >= 15 is 0 Å². The predicted molar refractivity (Wildman–Crippen MR) is 104 cm³/mol. The van der Waals surface area contributed by atoms with E-state index in [0.717, 1.165) is 30.0 Å². The second kappa shape index (κ2) is 8.13. The molecule has 1 N–H and O–H groups in total. The first-order valence-electron chi connectivity index (χ1n) is 9.96. The molecule has 0 spiro atoms. The van der Waals surface area contributed by atoms with E-state index in [9.17, 15) is 4.79 Å². The molecule has 2 aromatic rings. The van der Waals surface area contributed by atoms with Gasteiger partial charge in [-0.2, -0.15) is 0 Å². The van der Waals surface area contributed by atoms with Gasteiger partial charge >= 0.3 is 0 Å². The SMILES string of the molecule is COc1ccc([C@@H]2CC(=O)C[C@H]3CCCC[NH+]32)cc1OCc1ccccc1. The molecule has 3 atom stereocenters. The van der Waals surface area contributed by atoms with Crippen LogP contribution in [0, 0.1) is 0 Å². The minimum Gasteiger partial charge on any atom is -0.493 e. The second-order valence-corrected chi connectivity index (χ2v) is 7.70. The van der Waals surface area contributed by atoms with E-state index in [-0.39, 0.29) is 6.04 Å². The molecule has 4 nitrogen and oxygen atoms in total. The molecule has 1 unspecified atom stereocenters. The minimum atomic E-state index is 0.238. The molecule has 0 amide bonds. The molecular formula is C23H28NO3+. The van der Waals surface area contributed by atoms with Gasteiger partial charge in [0.1, 0.15) is 18.4 Å². The van der Waals surface area contributed by atoms with E-state index in [4.69, 9.17) is 9.47 Å². The Labute approximate surface area is 161 Å². The molecule has 2 aromatic carbocycles. The highest BCUT2D eigenvalue weighted by molar-refractivity contribution is 5.80. The summed E-state index contributed by atoms with van der Waals surface area (Å²) in [5, 5.41) is 0. The zero-order valence-electron chi connectivity index (χ0n) is 15.9. The third-order valence-corrected chi connectivity index (χ3v) is 5.97. The number of hydrogen-bond acceptors (Lipinski definition) is 3. The zero-order chi connectivity index (χ0) is 18.6. The topological polar surface area (TPSA) is 40.0 Å². The van der Waals surface area contributed by atoms with Crippen LogP contribution in [0.5, 0.6) is 11.5 Å². The number of carbonyl (C=O) groups is 1. The van der Waals surface area contributed by atoms with Crippen molar-refractivity contribution in [3.05, 3.63) is 59.7 Å². The lowest BCUT2D eigenvalue weighted by atomic mass is 9.85. The quantitative estimate of drug-likeness (QED) is 0.884. The molecule has 4 rings (SSSR count). The number of ketones is 1. The third-order valence-electron chi connectivity index (χ3n) is 5.97. The van der Waals surface area contributed by atoms with Gasteiger partial charge in [-0.25, -0.2) is 0 Å². The summed E-state index contributed by atoms with van der Waals surface area (Å²) in [5.41, 5.74) is 2.31. The fourth-order valence-corrected chi connectivity index (χ4v) is 4.61. The third kappa shape index (κ3) is 4.01. The number of Topliss-reactive ketones (excluding diaryl/α,β-unsaturated/α-hetero) is 1. The number of hydrogen-bond donors (Lipinski definition) is 1. The summed E-state index contributed by atoms with van der Waals surface area (Å²) >= 11 is 0. The van der Waals surface area contributed by atoms with Crippen molar-refractivity contribution >= 4 is 5.78 Å². The zero-order valence-corrected chi connectivity index (χ0v) is 15.9. The van der Waals surface area contributed by atoms with Crippen LogP contribution >= 0.6 is 0 Å². The number of fused-ring (bicyclic) bond motifs is 1. The summed E-state index contributed by atoms with van der Waals surface area (Å²) < 4.78 is 11.6. The van der Waals surface area contributed by atoms with Crippen LogP contribution in [0.25, 0.3) is 0 Å². The minimum absolute atomic E-state index is 0.238. The van der Waals surface area contributed by atoms with Gasteiger partial charge in [0, 0.05) is 12.0 Å². The molecule has 2 saturated heterocycles. The average Bonchev–Trinajstić information content (AvgIpc) is 2.72. The van der Waals surface area contributed by atoms with Gasteiger partial charge in [-0.3, -0.25) is 4.79 Å². The lowest BCUT2D eigenvalue weighted by molar-refractivity contribution is -0.962. The number of rotatable bonds is 5. The summed E-state index contributed by atoms with van der Waals surface area (Å²) in [4.78, 5) is 13.9. The molecule has 4 heteroatoms. The maximum absolute atomic E-state index is 12.4. The number of carbonyl (C=O) groups excluding carboxylic acids is 1. The van der Waals surface area contributed by atoms with Crippen molar-refractivity contribution in [2.24, 2.45) is 0 Å². The Kier molecular flexibility index (Phi) is 5.44. The fourth-order valence-electron chi connectivity index (χ4n) is 4.61. The number of piperidine rings is 2. The van der Waals surface area contributed by atoms with Gasteiger partial charge in [0.15, 0.2) is 11.5 Å². The Hall–Kier alpha value is -2.33. The standard InChI is InChI=1S/C23H27NO3/c1-26-22-11-10-18(13-23(22)27-16-17-7-3-2-4-8-17)21-15-20(25)14-19-9-5-6-12-24(19)21/h2-4,7-8,10-11,13,19,21H,5-6,9,12,14-16H2,1H3/p+1/t19-,21+/m1/s1. The van der Waals surface area contributed by atoms with Crippen molar-refractivity contribution in [2.75, 3.05) is 13.7 Å². The van der Waals surface area contributed by atoms with Gasteiger partial charge in [0.2, 0.25) is 0 Å². The van der Waals surface area contributed by atoms with Crippen molar-refractivity contribution in [3.63, 3.8) is 0 Å². The van der Waals surface area contributed by atoms with Crippen LogP contribution in [0.4, 0.5) is 0 Å². The number of methoxy groups -OCH3 is 1. The Balaban J connectivity index is 1.58. The van der Waals surface area contributed by atoms with Gasteiger partial charge in [0.05, 0.1) is 32.5 Å². The van der Waals surface area contributed by atoms with Crippen LogP contribution in [-0.4, -0.2) is 25.5 Å². The first-order chi connectivity index (χ1) is 13.2. The van der Waals surface area contributed by atoms with Gasteiger partial charge in [-0.1, -0.05) is 30.3 Å². The summed E-state index contributed by atoms with van der Waals surface area (Å²) in [7, 11) is 1.67. The van der Waals surface area contributed by atoms with Crippen LogP contribution in [0.1, 0.15) is 49.3 Å². The maximum Gasteiger partial charge on any atom is 0.162 e. The van der Waals surface area contributed by atoms with E-state index in [1.165, 1.54) is 24.8 Å². The monoisotopic (exact) mass is 366 g/mol. The molecular weight excluding hydrogens is 338 g/mol. The van der Waals surface area contributed by atoms with Crippen LogP contribution in [0.2, 0.25) is 0 Å². The first-order valence-corrected chi connectivity index (χ1v) is 9.96. The Bertz CT molecular complexity index is 789. The Morgan fingerprint density at radius 2 is 1.89 bits per heavy atom. The number of quaternary nitrogens is 1. The molecule has 0 saturated carbocycles. The summed E-state index contributed by atoms with van der Waals surface area (Å²) in [6.45, 7) is 1.66. The molecule has 27 heavy (non-hydrogen) atoms. The fraction of sp³-hybridized carbons (Fsp3) is 0.435. The second-order valence-electron chi connectivity index (χ2n) is 7.70. The highest BCUT2D eigenvalue weighted by atomic mass is 16.5. The van der Waals surface area contributed by atoms with Crippen molar-refractivity contribution in [1.29, 1.82) is 0 Å². The van der Waals surface area contributed by atoms with Crippen LogP contribution in [0.15, 0.2) is 48.5 Å².